The summed E-state index contributed by atoms with van der Waals surface area (Å²) in [5, 5.41) is 0. The summed E-state index contributed by atoms with van der Waals surface area (Å²) in [4.78, 5) is 16.8. The summed E-state index contributed by atoms with van der Waals surface area (Å²) >= 11 is 1.59. The molecule has 0 unspecified atom stereocenters. The molecule has 0 N–H and O–H groups in total. The Morgan fingerprint density at radius 1 is 1.21 bits per heavy atom. The van der Waals surface area contributed by atoms with E-state index in [9.17, 15) is 4.79 Å². The van der Waals surface area contributed by atoms with E-state index < -0.39 is 0 Å². The maximum Gasteiger partial charge on any atom is 0.169 e. The summed E-state index contributed by atoms with van der Waals surface area (Å²) in [6.07, 6.45) is 6.67. The van der Waals surface area contributed by atoms with Crippen molar-refractivity contribution >= 4 is 27.3 Å². The molecule has 4 nitrogen and oxygen atoms in total. The molecule has 3 aromatic heterocycles. The first-order valence-electron chi connectivity index (χ1n) is 9.67. The van der Waals surface area contributed by atoms with Crippen molar-refractivity contribution in [2.75, 3.05) is 0 Å². The SMILES string of the molecule is CC(=O)c1cc2c(cc(-c3ccc(-n4ccnc4)cc3C)n2CCC(C)C)s1. The van der Waals surface area contributed by atoms with Crippen LogP contribution in [0.2, 0.25) is 0 Å². The molecule has 0 atom stereocenters. The number of benzene rings is 1. The van der Waals surface area contributed by atoms with Gasteiger partial charge in [0, 0.05) is 30.2 Å². The van der Waals surface area contributed by atoms with Gasteiger partial charge in [0.2, 0.25) is 0 Å². The Hall–Kier alpha value is -2.66. The molecule has 0 bridgehead atoms. The summed E-state index contributed by atoms with van der Waals surface area (Å²) in [7, 11) is 0. The van der Waals surface area contributed by atoms with Crippen LogP contribution < -0.4 is 0 Å². The number of ketones is 1. The number of aromatic nitrogens is 3. The van der Waals surface area contributed by atoms with E-state index in [1.54, 1.807) is 24.5 Å². The molecular weight excluding hydrogens is 366 g/mol. The number of hydrogen-bond acceptors (Lipinski definition) is 3. The Morgan fingerprint density at radius 3 is 2.68 bits per heavy atom. The lowest BCUT2D eigenvalue weighted by atomic mass is 10.0. The number of nitrogens with zero attached hydrogens (tertiary/aromatic N) is 3. The number of thiophene rings is 1. The number of rotatable bonds is 6. The number of hydrogen-bond donors (Lipinski definition) is 0. The summed E-state index contributed by atoms with van der Waals surface area (Å²) in [5.41, 5.74) is 5.98. The molecule has 4 aromatic rings. The zero-order chi connectivity index (χ0) is 19.8. The van der Waals surface area contributed by atoms with Crippen molar-refractivity contribution in [2.24, 2.45) is 5.92 Å². The molecule has 0 aliphatic rings. The van der Waals surface area contributed by atoms with Crippen LogP contribution >= 0.6 is 11.3 Å². The van der Waals surface area contributed by atoms with E-state index in [1.165, 1.54) is 27.0 Å². The highest BCUT2D eigenvalue weighted by Crippen LogP contribution is 2.36. The van der Waals surface area contributed by atoms with Crippen LogP contribution in [0, 0.1) is 12.8 Å². The van der Waals surface area contributed by atoms with Gasteiger partial charge < -0.3 is 9.13 Å². The van der Waals surface area contributed by atoms with E-state index >= 15 is 0 Å². The Balaban J connectivity index is 1.82. The lowest BCUT2D eigenvalue weighted by molar-refractivity contribution is 0.102. The topological polar surface area (TPSA) is 39.8 Å². The van der Waals surface area contributed by atoms with Gasteiger partial charge in [0.1, 0.15) is 0 Å². The summed E-state index contributed by atoms with van der Waals surface area (Å²) in [6, 6.07) is 10.8. The van der Waals surface area contributed by atoms with Crippen LogP contribution in [0.25, 0.3) is 27.2 Å². The van der Waals surface area contributed by atoms with Crippen LogP contribution in [0.5, 0.6) is 0 Å². The van der Waals surface area contributed by atoms with Gasteiger partial charge in [0.05, 0.1) is 27.1 Å². The smallest absolute Gasteiger partial charge is 0.169 e. The maximum atomic E-state index is 11.8. The van der Waals surface area contributed by atoms with Gasteiger partial charge in [-0.05, 0) is 56.0 Å². The van der Waals surface area contributed by atoms with Crippen molar-refractivity contribution in [1.82, 2.24) is 14.1 Å². The van der Waals surface area contributed by atoms with E-state index in [0.717, 1.165) is 23.5 Å². The molecule has 5 heteroatoms. The summed E-state index contributed by atoms with van der Waals surface area (Å²) in [6.45, 7) is 9.25. The lowest BCUT2D eigenvalue weighted by Gasteiger charge is -2.15. The Kier molecular flexibility index (Phi) is 4.94. The van der Waals surface area contributed by atoms with E-state index in [1.807, 2.05) is 17.1 Å². The van der Waals surface area contributed by atoms with Gasteiger partial charge in [0.25, 0.3) is 0 Å². The second kappa shape index (κ2) is 7.40. The molecule has 0 spiro atoms. The van der Waals surface area contributed by atoms with Crippen molar-refractivity contribution < 1.29 is 4.79 Å². The quantitative estimate of drug-likeness (QED) is 0.372. The molecule has 144 valence electrons. The number of imidazole rings is 1. The highest BCUT2D eigenvalue weighted by atomic mass is 32.1. The van der Waals surface area contributed by atoms with Gasteiger partial charge in [-0.15, -0.1) is 11.3 Å². The summed E-state index contributed by atoms with van der Waals surface area (Å²) < 4.78 is 5.59. The molecule has 0 amide bonds. The Bertz CT molecular complexity index is 1130. The molecular formula is C23H25N3OS. The standard InChI is InChI=1S/C23H25N3OS/c1-15(2)7-9-26-20(12-23-21(26)13-22(28-23)17(4)27)19-6-5-18(11-16(19)3)25-10-8-24-14-25/h5-6,8,10-15H,7,9H2,1-4H3. The zero-order valence-electron chi connectivity index (χ0n) is 16.8. The fourth-order valence-electron chi connectivity index (χ4n) is 3.57. The minimum Gasteiger partial charge on any atom is -0.340 e. The third kappa shape index (κ3) is 3.42. The molecule has 0 saturated carbocycles. The first-order valence-corrected chi connectivity index (χ1v) is 10.5. The van der Waals surface area contributed by atoms with Crippen LogP contribution in [0.4, 0.5) is 0 Å². The Labute approximate surface area is 169 Å². The number of carbonyl (C=O) groups is 1. The van der Waals surface area contributed by atoms with E-state index in [0.29, 0.717) is 5.92 Å². The van der Waals surface area contributed by atoms with Crippen LogP contribution in [-0.4, -0.2) is 19.9 Å². The maximum absolute atomic E-state index is 11.8. The lowest BCUT2D eigenvalue weighted by Crippen LogP contribution is -2.04. The Morgan fingerprint density at radius 2 is 2.04 bits per heavy atom. The first kappa shape index (κ1) is 18.7. The summed E-state index contributed by atoms with van der Waals surface area (Å²) in [5.74, 6) is 0.764. The van der Waals surface area contributed by atoms with Crippen LogP contribution in [0.1, 0.15) is 42.4 Å². The number of carbonyl (C=O) groups excluding carboxylic acids is 1. The average molecular weight is 392 g/mol. The second-order valence-electron chi connectivity index (χ2n) is 7.75. The van der Waals surface area contributed by atoms with Gasteiger partial charge in [-0.1, -0.05) is 19.9 Å². The minimum atomic E-state index is 0.138. The van der Waals surface area contributed by atoms with Gasteiger partial charge in [-0.25, -0.2) is 4.98 Å². The van der Waals surface area contributed by atoms with Crippen LogP contribution in [0.15, 0.2) is 49.1 Å². The average Bonchev–Trinajstić information content (AvgIpc) is 3.36. The van der Waals surface area contributed by atoms with Crippen LogP contribution in [0.3, 0.4) is 0 Å². The molecule has 3 heterocycles. The largest absolute Gasteiger partial charge is 0.340 e. The zero-order valence-corrected chi connectivity index (χ0v) is 17.6. The highest BCUT2D eigenvalue weighted by Gasteiger charge is 2.17. The predicted octanol–water partition coefficient (Wildman–Crippen LogP) is 6.11. The van der Waals surface area contributed by atoms with Crippen LogP contribution in [-0.2, 0) is 6.54 Å². The first-order chi connectivity index (χ1) is 13.4. The fraction of sp³-hybridized carbons (Fsp3) is 0.304. The predicted molar refractivity (Wildman–Crippen MR) is 117 cm³/mol. The third-order valence-electron chi connectivity index (χ3n) is 5.16. The monoisotopic (exact) mass is 391 g/mol. The molecule has 0 aliphatic heterocycles. The minimum absolute atomic E-state index is 0.138. The number of Topliss-reactive ketones (excluding diaryl/α,β-unsaturated/α-hetero) is 1. The van der Waals surface area contributed by atoms with E-state index in [4.69, 9.17) is 0 Å². The fourth-order valence-corrected chi connectivity index (χ4v) is 4.57. The van der Waals surface area contributed by atoms with Crippen molar-refractivity contribution in [1.29, 1.82) is 0 Å². The number of fused-ring (bicyclic) bond motifs is 1. The van der Waals surface area contributed by atoms with Crippen molar-refractivity contribution in [3.8, 4) is 16.9 Å². The second-order valence-corrected chi connectivity index (χ2v) is 8.83. The third-order valence-corrected chi connectivity index (χ3v) is 6.33. The van der Waals surface area contributed by atoms with Gasteiger partial charge >= 0.3 is 0 Å². The molecule has 4 rings (SSSR count). The number of aryl methyl sites for hydroxylation is 2. The molecule has 1 aromatic carbocycles. The van der Waals surface area contributed by atoms with Gasteiger partial charge in [0.15, 0.2) is 5.78 Å². The molecule has 0 fully saturated rings. The van der Waals surface area contributed by atoms with Crippen molar-refractivity contribution in [3.63, 3.8) is 0 Å². The van der Waals surface area contributed by atoms with Gasteiger partial charge in [-0.2, -0.15) is 0 Å². The van der Waals surface area contributed by atoms with E-state index in [2.05, 4.69) is 60.7 Å². The molecule has 0 radical (unpaired) electrons. The van der Waals surface area contributed by atoms with Gasteiger partial charge in [-0.3, -0.25) is 4.79 Å². The molecule has 28 heavy (non-hydrogen) atoms. The molecule has 0 aliphatic carbocycles. The normalized spacial score (nSPS) is 11.6. The van der Waals surface area contributed by atoms with Crippen molar-refractivity contribution in [3.05, 3.63) is 59.5 Å². The molecule has 0 saturated heterocycles. The highest BCUT2D eigenvalue weighted by molar-refractivity contribution is 7.20. The van der Waals surface area contributed by atoms with Crippen molar-refractivity contribution in [2.45, 2.75) is 40.7 Å². The van der Waals surface area contributed by atoms with E-state index in [-0.39, 0.29) is 5.78 Å².